The standard InChI is InChI=1S/C22H23FN4O2S/c1-29-17-10-8-15(9-11-17)13-24-22(28)27-12-4-5-16(14-27)20-25-26-21(30-20)18-6-2-3-7-19(18)23/h2-3,6-11,16H,4-5,12-14H2,1H3,(H,24,28)/t16-/m1/s1. The van der Waals surface area contributed by atoms with Gasteiger partial charge in [-0.05, 0) is 42.7 Å². The molecule has 1 saturated heterocycles. The van der Waals surface area contributed by atoms with E-state index in [1.54, 1.807) is 25.3 Å². The normalized spacial score (nSPS) is 16.3. The van der Waals surface area contributed by atoms with E-state index < -0.39 is 0 Å². The molecule has 1 atom stereocenters. The fourth-order valence-electron chi connectivity index (χ4n) is 3.54. The summed E-state index contributed by atoms with van der Waals surface area (Å²) in [6.07, 6.45) is 1.84. The Morgan fingerprint density at radius 2 is 2.03 bits per heavy atom. The SMILES string of the molecule is COc1ccc(CNC(=O)N2CCC[C@@H](c3nnc(-c4ccccc4F)s3)C2)cc1. The number of piperidine rings is 1. The molecule has 156 valence electrons. The Morgan fingerprint density at radius 3 is 2.80 bits per heavy atom. The molecule has 6 nitrogen and oxygen atoms in total. The average Bonchev–Trinajstić information content (AvgIpc) is 3.28. The van der Waals surface area contributed by atoms with Gasteiger partial charge in [0.2, 0.25) is 0 Å². The van der Waals surface area contributed by atoms with Crippen molar-refractivity contribution in [3.8, 4) is 16.3 Å². The molecule has 0 bridgehead atoms. The number of carbonyl (C=O) groups is 1. The van der Waals surface area contributed by atoms with Crippen molar-refractivity contribution < 1.29 is 13.9 Å². The monoisotopic (exact) mass is 426 g/mol. The molecule has 0 unspecified atom stereocenters. The molecule has 2 aromatic carbocycles. The lowest BCUT2D eigenvalue weighted by Crippen LogP contribution is -2.44. The van der Waals surface area contributed by atoms with Crippen LogP contribution in [0.2, 0.25) is 0 Å². The van der Waals surface area contributed by atoms with Gasteiger partial charge in [-0.15, -0.1) is 10.2 Å². The van der Waals surface area contributed by atoms with Gasteiger partial charge in [0.05, 0.1) is 7.11 Å². The second-order valence-electron chi connectivity index (χ2n) is 7.22. The quantitative estimate of drug-likeness (QED) is 0.655. The number of hydrogen-bond acceptors (Lipinski definition) is 5. The van der Waals surface area contributed by atoms with E-state index in [1.165, 1.54) is 17.4 Å². The minimum absolute atomic E-state index is 0.0886. The van der Waals surface area contributed by atoms with Gasteiger partial charge in [-0.2, -0.15) is 0 Å². The topological polar surface area (TPSA) is 67.3 Å². The number of hydrogen-bond donors (Lipinski definition) is 1. The third-order valence-corrected chi connectivity index (χ3v) is 6.32. The highest BCUT2D eigenvalue weighted by Crippen LogP contribution is 2.33. The van der Waals surface area contributed by atoms with Crippen molar-refractivity contribution in [3.63, 3.8) is 0 Å². The Hall–Kier alpha value is -3.00. The van der Waals surface area contributed by atoms with Gasteiger partial charge < -0.3 is 15.0 Å². The molecule has 2 heterocycles. The minimum atomic E-state index is -0.302. The van der Waals surface area contributed by atoms with Crippen LogP contribution in [0.4, 0.5) is 9.18 Å². The predicted octanol–water partition coefficient (Wildman–Crippen LogP) is 4.44. The number of likely N-dealkylation sites (tertiary alicyclic amines) is 1. The van der Waals surface area contributed by atoms with Gasteiger partial charge in [0.1, 0.15) is 16.6 Å². The molecular weight excluding hydrogens is 403 g/mol. The van der Waals surface area contributed by atoms with Crippen LogP contribution < -0.4 is 10.1 Å². The summed E-state index contributed by atoms with van der Waals surface area (Å²) in [5, 5.41) is 12.9. The summed E-state index contributed by atoms with van der Waals surface area (Å²) in [5.41, 5.74) is 1.47. The number of benzene rings is 2. The van der Waals surface area contributed by atoms with Crippen LogP contribution in [0.1, 0.15) is 29.3 Å². The maximum Gasteiger partial charge on any atom is 0.317 e. The summed E-state index contributed by atoms with van der Waals surface area (Å²) >= 11 is 1.40. The lowest BCUT2D eigenvalue weighted by molar-refractivity contribution is 0.179. The van der Waals surface area contributed by atoms with Crippen LogP contribution in [-0.4, -0.2) is 41.3 Å². The van der Waals surface area contributed by atoms with Crippen molar-refractivity contribution >= 4 is 17.4 Å². The summed E-state index contributed by atoms with van der Waals surface area (Å²) in [6, 6.07) is 14.1. The molecule has 0 spiro atoms. The van der Waals surface area contributed by atoms with E-state index in [2.05, 4.69) is 15.5 Å². The number of urea groups is 1. The maximum absolute atomic E-state index is 14.0. The van der Waals surface area contributed by atoms with Crippen molar-refractivity contribution in [2.75, 3.05) is 20.2 Å². The van der Waals surface area contributed by atoms with Gasteiger partial charge in [-0.1, -0.05) is 35.6 Å². The second-order valence-corrected chi connectivity index (χ2v) is 8.23. The van der Waals surface area contributed by atoms with E-state index in [-0.39, 0.29) is 17.8 Å². The molecular formula is C22H23FN4O2S. The predicted molar refractivity (Wildman–Crippen MR) is 114 cm³/mol. The Morgan fingerprint density at radius 1 is 1.23 bits per heavy atom. The highest BCUT2D eigenvalue weighted by atomic mass is 32.1. The van der Waals surface area contributed by atoms with Crippen molar-refractivity contribution in [3.05, 3.63) is 64.9 Å². The molecule has 1 aliphatic rings. The van der Waals surface area contributed by atoms with Crippen LogP contribution in [0.15, 0.2) is 48.5 Å². The van der Waals surface area contributed by atoms with Gasteiger partial charge in [0, 0.05) is 31.1 Å². The lowest BCUT2D eigenvalue weighted by Gasteiger charge is -2.31. The Kier molecular flexibility index (Phi) is 6.23. The number of nitrogens with one attached hydrogen (secondary N) is 1. The van der Waals surface area contributed by atoms with E-state index in [4.69, 9.17) is 4.74 Å². The molecule has 0 saturated carbocycles. The van der Waals surface area contributed by atoms with E-state index in [0.29, 0.717) is 30.2 Å². The molecule has 1 N–H and O–H groups in total. The number of aromatic nitrogens is 2. The molecule has 0 radical (unpaired) electrons. The minimum Gasteiger partial charge on any atom is -0.497 e. The first-order valence-electron chi connectivity index (χ1n) is 9.88. The fourth-order valence-corrected chi connectivity index (χ4v) is 4.54. The summed E-state index contributed by atoms with van der Waals surface area (Å²) < 4.78 is 19.2. The molecule has 3 aromatic rings. The number of rotatable bonds is 5. The van der Waals surface area contributed by atoms with Crippen LogP contribution in [-0.2, 0) is 6.54 Å². The Bertz CT molecular complexity index is 1010. The lowest BCUT2D eigenvalue weighted by atomic mass is 9.99. The Balaban J connectivity index is 1.37. The molecule has 1 fully saturated rings. The van der Waals surface area contributed by atoms with Gasteiger partial charge in [0.25, 0.3) is 0 Å². The summed E-state index contributed by atoms with van der Waals surface area (Å²) in [6.45, 7) is 1.75. The first-order valence-corrected chi connectivity index (χ1v) is 10.7. The highest BCUT2D eigenvalue weighted by molar-refractivity contribution is 7.14. The van der Waals surface area contributed by atoms with Crippen LogP contribution >= 0.6 is 11.3 Å². The van der Waals surface area contributed by atoms with Crippen molar-refractivity contribution in [1.82, 2.24) is 20.4 Å². The second kappa shape index (κ2) is 9.21. The van der Waals surface area contributed by atoms with Crippen LogP contribution in [0.3, 0.4) is 0 Å². The van der Waals surface area contributed by atoms with Gasteiger partial charge in [-0.25, -0.2) is 9.18 Å². The van der Waals surface area contributed by atoms with E-state index in [0.717, 1.165) is 29.2 Å². The van der Waals surface area contributed by atoms with E-state index >= 15 is 0 Å². The summed E-state index contributed by atoms with van der Waals surface area (Å²) in [7, 11) is 1.63. The number of nitrogens with zero attached hydrogens (tertiary/aromatic N) is 3. The third-order valence-electron chi connectivity index (χ3n) is 5.21. The highest BCUT2D eigenvalue weighted by Gasteiger charge is 2.27. The summed E-state index contributed by atoms with van der Waals surface area (Å²) in [4.78, 5) is 14.5. The van der Waals surface area contributed by atoms with Gasteiger partial charge >= 0.3 is 6.03 Å². The van der Waals surface area contributed by atoms with Crippen LogP contribution in [0, 0.1) is 5.82 Å². The zero-order valence-corrected chi connectivity index (χ0v) is 17.5. The van der Waals surface area contributed by atoms with E-state index in [1.807, 2.05) is 29.2 Å². The Labute approximate surface area is 178 Å². The molecule has 4 rings (SSSR count). The molecule has 1 aromatic heterocycles. The zero-order valence-electron chi connectivity index (χ0n) is 16.7. The number of ether oxygens (including phenoxy) is 1. The van der Waals surface area contributed by atoms with Crippen molar-refractivity contribution in [2.24, 2.45) is 0 Å². The largest absolute Gasteiger partial charge is 0.497 e. The first-order chi connectivity index (χ1) is 14.6. The molecule has 1 aliphatic heterocycles. The molecule has 30 heavy (non-hydrogen) atoms. The van der Waals surface area contributed by atoms with Gasteiger partial charge in [0.15, 0.2) is 5.01 Å². The molecule has 2 amide bonds. The maximum atomic E-state index is 14.0. The molecule has 0 aliphatic carbocycles. The van der Waals surface area contributed by atoms with Crippen molar-refractivity contribution in [2.45, 2.75) is 25.3 Å². The van der Waals surface area contributed by atoms with E-state index in [9.17, 15) is 9.18 Å². The number of carbonyl (C=O) groups excluding carboxylic acids is 1. The number of halogens is 1. The van der Waals surface area contributed by atoms with Crippen LogP contribution in [0.25, 0.3) is 10.6 Å². The first kappa shape index (κ1) is 20.3. The zero-order chi connectivity index (χ0) is 20.9. The third kappa shape index (κ3) is 4.59. The number of amides is 2. The smallest absolute Gasteiger partial charge is 0.317 e. The molecule has 8 heteroatoms. The van der Waals surface area contributed by atoms with Crippen molar-refractivity contribution in [1.29, 1.82) is 0 Å². The summed E-state index contributed by atoms with van der Waals surface area (Å²) in [5.74, 6) is 0.600. The fraction of sp³-hybridized carbons (Fsp3) is 0.318. The van der Waals surface area contributed by atoms with Gasteiger partial charge in [-0.3, -0.25) is 0 Å². The number of methoxy groups -OCH3 is 1. The average molecular weight is 427 g/mol. The van der Waals surface area contributed by atoms with Crippen LogP contribution in [0.5, 0.6) is 5.75 Å².